The van der Waals surface area contributed by atoms with Crippen molar-refractivity contribution in [2.24, 2.45) is 41.4 Å². The topological polar surface area (TPSA) is 265 Å². The highest BCUT2D eigenvalue weighted by Gasteiger charge is 2.55. The summed E-state index contributed by atoms with van der Waals surface area (Å²) in [4.78, 5) is 27.7. The van der Waals surface area contributed by atoms with Crippen LogP contribution in [0.25, 0.3) is 0 Å². The highest BCUT2D eigenvalue weighted by molar-refractivity contribution is 7.80. The van der Waals surface area contributed by atoms with E-state index in [2.05, 4.69) is 59.6 Å². The van der Waals surface area contributed by atoms with Gasteiger partial charge >= 0.3 is 22.3 Å². The Morgan fingerprint density at radius 2 is 0.824 bits per heavy atom. The molecule has 0 radical (unpaired) electrons. The van der Waals surface area contributed by atoms with Gasteiger partial charge in [0, 0.05) is 6.42 Å². The monoisotopic (exact) mass is 1240 g/mol. The van der Waals surface area contributed by atoms with Gasteiger partial charge in [-0.1, -0.05) is 236 Å². The van der Waals surface area contributed by atoms with Gasteiger partial charge in [0.1, 0.15) is 30.5 Å². The normalized spacial score (nSPS) is 25.8. The van der Waals surface area contributed by atoms with Crippen molar-refractivity contribution in [3.8, 4) is 0 Å². The van der Waals surface area contributed by atoms with E-state index in [0.29, 0.717) is 36.5 Å². The molecule has 2 aliphatic rings. The average Bonchev–Trinajstić information content (AvgIpc) is 1.70. The molecule has 7 N–H and O–H groups in total. The van der Waals surface area contributed by atoms with E-state index >= 15 is 0 Å². The lowest BCUT2D eigenvalue weighted by molar-refractivity contribution is -0.374. The second-order valence-corrected chi connectivity index (χ2v) is 28.1. The van der Waals surface area contributed by atoms with Crippen molar-refractivity contribution in [2.45, 2.75) is 361 Å². The third-order valence-corrected chi connectivity index (χ3v) is 18.5. The maximum Gasteiger partial charge on any atom is 0.397 e. The van der Waals surface area contributed by atoms with Crippen molar-refractivity contribution in [2.75, 3.05) is 13.2 Å². The summed E-state index contributed by atoms with van der Waals surface area (Å²) in [6, 6.07) is 0. The first-order chi connectivity index (χ1) is 40.5. The first-order valence-electron chi connectivity index (χ1n) is 34.5. The second-order valence-electron chi connectivity index (χ2n) is 27.0. The first-order valence-corrected chi connectivity index (χ1v) is 35.9. The quantitative estimate of drug-likeness (QED) is 0.0170. The Hall–Kier alpha value is -1.55. The van der Waals surface area contributed by atoms with Crippen LogP contribution in [0.5, 0.6) is 0 Å². The number of carbonyl (C=O) groups excluding carboxylic acids is 2. The SMILES string of the molecule is CCCCCCCCCCCCCCCCCC(=O)O[C@@H]1[C@H](O[C@H]2O[C@H](CO)[C@@H](O)[C@H](O)[C@H]2OS(=O)(=O)O)O[C@@H](CO)[C@H](O)[C@H]1OC(=O)[C@H](C)C[C@H](C)C[C@H](C)C[C@H](C)C[C@H](C)C[C@H](C)C[C@H](C)[C@H](O)CCCCCCCCCCCCCCC. The van der Waals surface area contributed by atoms with Gasteiger partial charge in [-0.05, 0) is 86.9 Å². The molecule has 18 atom stereocenters. The van der Waals surface area contributed by atoms with E-state index in [9.17, 15) is 53.2 Å². The molecule has 0 aromatic heterocycles. The summed E-state index contributed by atoms with van der Waals surface area (Å²) in [6.45, 7) is 18.0. The van der Waals surface area contributed by atoms with Crippen LogP contribution < -0.4 is 0 Å². The molecule has 0 aromatic rings. The molecule has 17 nitrogen and oxygen atoms in total. The fraction of sp³-hybridized carbons (Fsp3) is 0.970. The van der Waals surface area contributed by atoms with Crippen LogP contribution in [-0.2, 0) is 47.9 Å². The van der Waals surface area contributed by atoms with Gasteiger partial charge in [0.05, 0.1) is 25.2 Å². The first kappa shape index (κ1) is 79.5. The molecule has 0 spiro atoms. The van der Waals surface area contributed by atoms with Gasteiger partial charge in [0.2, 0.25) is 6.29 Å². The minimum absolute atomic E-state index is 0.0553. The summed E-state index contributed by atoms with van der Waals surface area (Å²) in [6.07, 6.45) is 21.9. The second kappa shape index (κ2) is 46.5. The highest BCUT2D eigenvalue weighted by atomic mass is 32.3. The number of aliphatic hydroxyl groups excluding tert-OH is 6. The molecule has 2 aliphatic heterocycles. The molecule has 504 valence electrons. The van der Waals surface area contributed by atoms with Crippen molar-refractivity contribution in [1.82, 2.24) is 0 Å². The molecule has 85 heavy (non-hydrogen) atoms. The number of hydrogen-bond acceptors (Lipinski definition) is 16. The van der Waals surface area contributed by atoms with Gasteiger partial charge in [0.25, 0.3) is 0 Å². The zero-order valence-electron chi connectivity index (χ0n) is 54.9. The Labute approximate surface area is 516 Å². The summed E-state index contributed by atoms with van der Waals surface area (Å²) in [5.74, 6) is 0.146. The van der Waals surface area contributed by atoms with Crippen LogP contribution in [-0.4, -0.2) is 136 Å². The van der Waals surface area contributed by atoms with Crippen LogP contribution in [0.2, 0.25) is 0 Å². The molecule has 2 fully saturated rings. The predicted octanol–water partition coefficient (Wildman–Crippen LogP) is 13.4. The third kappa shape index (κ3) is 35.0. The molecular weight excluding hydrogens is 1110 g/mol. The van der Waals surface area contributed by atoms with Crippen molar-refractivity contribution >= 4 is 22.3 Å². The molecule has 2 rings (SSSR count). The molecule has 18 heteroatoms. The van der Waals surface area contributed by atoms with E-state index in [1.54, 1.807) is 6.92 Å². The lowest BCUT2D eigenvalue weighted by Gasteiger charge is -2.46. The number of carbonyl (C=O) groups is 2. The molecular formula is C67H128O17S. The molecule has 0 bridgehead atoms. The number of ether oxygens (including phenoxy) is 5. The maximum absolute atomic E-state index is 14.1. The molecule has 0 amide bonds. The molecule has 0 saturated carbocycles. The number of esters is 2. The summed E-state index contributed by atoms with van der Waals surface area (Å²) < 4.78 is 67.4. The smallest absolute Gasteiger partial charge is 0.397 e. The predicted molar refractivity (Wildman–Crippen MR) is 334 cm³/mol. The van der Waals surface area contributed by atoms with Gasteiger partial charge in [0.15, 0.2) is 24.6 Å². The van der Waals surface area contributed by atoms with Crippen LogP contribution in [0.15, 0.2) is 0 Å². The Balaban J connectivity index is 1.98. The van der Waals surface area contributed by atoms with Crippen LogP contribution in [0.4, 0.5) is 0 Å². The number of aliphatic hydroxyl groups is 6. The van der Waals surface area contributed by atoms with Crippen molar-refractivity contribution in [3.05, 3.63) is 0 Å². The van der Waals surface area contributed by atoms with Crippen molar-refractivity contribution in [3.63, 3.8) is 0 Å². The van der Waals surface area contributed by atoms with Crippen molar-refractivity contribution < 1.29 is 81.1 Å². The van der Waals surface area contributed by atoms with E-state index in [-0.39, 0.29) is 24.4 Å². The zero-order valence-corrected chi connectivity index (χ0v) is 55.7. The summed E-state index contributed by atoms with van der Waals surface area (Å²) in [5, 5.41) is 64.4. The van der Waals surface area contributed by atoms with Gasteiger partial charge in [-0.3, -0.25) is 14.1 Å². The van der Waals surface area contributed by atoms with Crippen LogP contribution in [0.3, 0.4) is 0 Å². The molecule has 2 heterocycles. The third-order valence-electron chi connectivity index (χ3n) is 18.0. The maximum atomic E-state index is 14.1. The minimum atomic E-state index is -5.32. The minimum Gasteiger partial charge on any atom is -0.455 e. The largest absolute Gasteiger partial charge is 0.455 e. The van der Waals surface area contributed by atoms with Crippen LogP contribution in [0, 0.1) is 41.4 Å². The van der Waals surface area contributed by atoms with E-state index in [0.717, 1.165) is 77.0 Å². The van der Waals surface area contributed by atoms with Gasteiger partial charge in [-0.2, -0.15) is 8.42 Å². The fourth-order valence-corrected chi connectivity index (χ4v) is 13.9. The highest BCUT2D eigenvalue weighted by Crippen LogP contribution is 2.35. The fourth-order valence-electron chi connectivity index (χ4n) is 13.4. The zero-order chi connectivity index (χ0) is 63.2. The van der Waals surface area contributed by atoms with E-state index in [1.807, 2.05) is 0 Å². The Kier molecular flexibility index (Phi) is 43.5. The Morgan fingerprint density at radius 3 is 1.24 bits per heavy atom. The summed E-state index contributed by atoms with van der Waals surface area (Å²) in [5.41, 5.74) is 0. The Morgan fingerprint density at radius 1 is 0.459 bits per heavy atom. The van der Waals surface area contributed by atoms with E-state index in [4.69, 9.17) is 23.7 Å². The van der Waals surface area contributed by atoms with Crippen molar-refractivity contribution in [1.29, 1.82) is 0 Å². The summed E-state index contributed by atoms with van der Waals surface area (Å²) in [7, 11) is -5.32. The molecule has 0 aromatic carbocycles. The Bertz CT molecular complexity index is 1780. The van der Waals surface area contributed by atoms with Gasteiger partial charge < -0.3 is 54.3 Å². The number of unbranched alkanes of at least 4 members (excludes halogenated alkanes) is 26. The average molecular weight is 1240 g/mol. The van der Waals surface area contributed by atoms with Gasteiger partial charge in [-0.15, -0.1) is 0 Å². The number of hydrogen-bond donors (Lipinski definition) is 7. The number of rotatable bonds is 52. The lowest BCUT2D eigenvalue weighted by atomic mass is 9.80. The van der Waals surface area contributed by atoms with Crippen LogP contribution in [0.1, 0.15) is 293 Å². The summed E-state index contributed by atoms with van der Waals surface area (Å²) >= 11 is 0. The molecule has 0 unspecified atom stereocenters. The molecule has 2 saturated heterocycles. The van der Waals surface area contributed by atoms with E-state index in [1.165, 1.54) is 135 Å². The molecule has 0 aliphatic carbocycles. The van der Waals surface area contributed by atoms with E-state index < -0.39 is 103 Å². The lowest BCUT2D eigenvalue weighted by Crippen LogP contribution is -2.65. The van der Waals surface area contributed by atoms with Gasteiger partial charge in [-0.25, -0.2) is 4.18 Å². The standard InChI is InChI=1S/C67H128O17S/c1-10-12-14-16-18-20-22-24-25-27-29-31-33-35-37-39-58(71)81-64-62(60(73)57(47-69)80-67(64)83-66-63(84-85(76,77)78)61(74)59(72)56(46-68)79-66)82-65(75)54(9)45-52(7)43-50(5)41-48(3)40-49(4)42-51(6)44-53(8)55(70)38-36-34-32-30-28-26-23-21-19-17-15-13-11-2/h48-57,59-64,66-70,72-74H,10-47H2,1-9H3,(H,76,77,78)/t48-,49+,50-,51+,52-,53+,54-,55-,56-,57+,59-,60+,61+,62-,63-,64+,66-,67+/m1/s1. The van der Waals surface area contributed by atoms with Crippen LogP contribution >= 0.6 is 0 Å².